The van der Waals surface area contributed by atoms with Crippen molar-refractivity contribution in [2.75, 3.05) is 14.1 Å². The second-order valence-electron chi connectivity index (χ2n) is 6.94. The second-order valence-corrected chi connectivity index (χ2v) is 6.94. The summed E-state index contributed by atoms with van der Waals surface area (Å²) in [4.78, 5) is 19.0. The predicted octanol–water partition coefficient (Wildman–Crippen LogP) is 3.79. The van der Waals surface area contributed by atoms with Gasteiger partial charge in [-0.2, -0.15) is 0 Å². The zero-order valence-corrected chi connectivity index (χ0v) is 19.7. The van der Waals surface area contributed by atoms with Crippen molar-refractivity contribution in [2.45, 2.75) is 13.1 Å². The molecule has 7 nitrogen and oxygen atoms in total. The third-order valence-electron chi connectivity index (χ3n) is 4.96. The molecule has 0 saturated carbocycles. The fourth-order valence-corrected chi connectivity index (χ4v) is 3.40. The summed E-state index contributed by atoms with van der Waals surface area (Å²) >= 11 is 0. The average molecular weight is 515 g/mol. The molecule has 0 unspecified atom stereocenters. The normalized spacial score (nSPS) is 11.4. The van der Waals surface area contributed by atoms with Gasteiger partial charge >= 0.3 is 0 Å². The fourth-order valence-electron chi connectivity index (χ4n) is 3.40. The monoisotopic (exact) mass is 515 g/mol. The van der Waals surface area contributed by atoms with Crippen LogP contribution in [0.1, 0.15) is 11.6 Å². The van der Waals surface area contributed by atoms with Gasteiger partial charge < -0.3 is 19.8 Å². The van der Waals surface area contributed by atoms with E-state index in [9.17, 15) is 0 Å². The molecule has 0 fully saturated rings. The van der Waals surface area contributed by atoms with Gasteiger partial charge in [0.1, 0.15) is 11.6 Å². The minimum atomic E-state index is 0. The Kier molecular flexibility index (Phi) is 7.09. The van der Waals surface area contributed by atoms with E-state index in [-0.39, 0.29) is 24.0 Å². The molecule has 0 amide bonds. The number of fused-ring (bicyclic) bond motifs is 1. The minimum Gasteiger partial charge on any atom is -0.349 e. The summed E-state index contributed by atoms with van der Waals surface area (Å²) in [5.74, 6) is 2.64. The highest BCUT2D eigenvalue weighted by Gasteiger charge is 2.12. The lowest BCUT2D eigenvalue weighted by Crippen LogP contribution is -2.38. The molecule has 156 valence electrons. The zero-order chi connectivity index (χ0) is 20.2. The predicted molar refractivity (Wildman–Crippen MR) is 132 cm³/mol. The van der Waals surface area contributed by atoms with Crippen LogP contribution >= 0.6 is 24.0 Å². The number of guanidine groups is 1. The highest BCUT2D eigenvalue weighted by molar-refractivity contribution is 14.0. The van der Waals surface area contributed by atoms with Crippen molar-refractivity contribution < 1.29 is 0 Å². The molecule has 0 saturated heterocycles. The maximum atomic E-state index is 4.71. The van der Waals surface area contributed by atoms with Gasteiger partial charge in [0.25, 0.3) is 0 Å². The molecule has 0 aliphatic heterocycles. The number of rotatable bonds is 5. The molecule has 4 aromatic rings. The van der Waals surface area contributed by atoms with Gasteiger partial charge in [0.15, 0.2) is 5.96 Å². The van der Waals surface area contributed by atoms with E-state index in [0.29, 0.717) is 13.1 Å². The molecular formula is C22H26IN7. The van der Waals surface area contributed by atoms with E-state index < -0.39 is 0 Å². The standard InChI is InChI=1S/C22H25N7.HI/c1-23-22(25-14-21-27-17-11-7-8-12-19(17)29(21)3)28(2)15-20-24-13-18(26-20)16-9-5-4-6-10-16;/h4-13H,14-15H2,1-3H3,(H,23,25)(H,24,26);1H. The van der Waals surface area contributed by atoms with Crippen molar-refractivity contribution in [2.24, 2.45) is 12.0 Å². The molecule has 0 spiro atoms. The number of hydrogen-bond donors (Lipinski definition) is 2. The van der Waals surface area contributed by atoms with Crippen molar-refractivity contribution >= 4 is 41.0 Å². The number of imidazole rings is 2. The number of aryl methyl sites for hydroxylation is 1. The summed E-state index contributed by atoms with van der Waals surface area (Å²) in [6.07, 6.45) is 1.87. The van der Waals surface area contributed by atoms with E-state index in [1.165, 1.54) is 0 Å². The maximum Gasteiger partial charge on any atom is 0.194 e. The summed E-state index contributed by atoms with van der Waals surface area (Å²) in [6.45, 7) is 1.21. The van der Waals surface area contributed by atoms with Crippen LogP contribution in [0.4, 0.5) is 0 Å². The zero-order valence-electron chi connectivity index (χ0n) is 17.3. The van der Waals surface area contributed by atoms with Crippen LogP contribution in [0.25, 0.3) is 22.3 Å². The minimum absolute atomic E-state index is 0. The summed E-state index contributed by atoms with van der Waals surface area (Å²) in [5.41, 5.74) is 4.26. The van der Waals surface area contributed by atoms with Gasteiger partial charge in [-0.15, -0.1) is 24.0 Å². The molecule has 4 rings (SSSR count). The molecule has 2 aromatic heterocycles. The molecule has 0 aliphatic carbocycles. The van der Waals surface area contributed by atoms with Crippen LogP contribution in [0.3, 0.4) is 0 Å². The second kappa shape index (κ2) is 9.75. The van der Waals surface area contributed by atoms with Gasteiger partial charge in [-0.05, 0) is 17.7 Å². The molecule has 0 radical (unpaired) electrons. The highest BCUT2D eigenvalue weighted by atomic mass is 127. The third-order valence-corrected chi connectivity index (χ3v) is 4.96. The summed E-state index contributed by atoms with van der Waals surface area (Å²) in [6, 6.07) is 18.3. The van der Waals surface area contributed by atoms with Crippen LogP contribution in [-0.2, 0) is 20.1 Å². The number of para-hydroxylation sites is 2. The molecular weight excluding hydrogens is 489 g/mol. The molecule has 2 aromatic carbocycles. The average Bonchev–Trinajstić information content (AvgIpc) is 3.34. The van der Waals surface area contributed by atoms with E-state index in [1.54, 1.807) is 7.05 Å². The van der Waals surface area contributed by atoms with Gasteiger partial charge in [-0.3, -0.25) is 4.99 Å². The van der Waals surface area contributed by atoms with E-state index in [4.69, 9.17) is 4.98 Å². The quantitative estimate of drug-likeness (QED) is 0.241. The molecule has 0 atom stereocenters. The lowest BCUT2D eigenvalue weighted by molar-refractivity contribution is 0.462. The van der Waals surface area contributed by atoms with E-state index in [2.05, 4.69) is 43.0 Å². The summed E-state index contributed by atoms with van der Waals surface area (Å²) < 4.78 is 2.11. The Bertz CT molecular complexity index is 1130. The number of hydrogen-bond acceptors (Lipinski definition) is 3. The van der Waals surface area contributed by atoms with Crippen LogP contribution in [0.2, 0.25) is 0 Å². The first-order valence-electron chi connectivity index (χ1n) is 9.57. The van der Waals surface area contributed by atoms with Crippen molar-refractivity contribution in [1.29, 1.82) is 0 Å². The Morgan fingerprint density at radius 2 is 1.87 bits per heavy atom. The van der Waals surface area contributed by atoms with E-state index in [1.807, 2.05) is 61.6 Å². The Balaban J connectivity index is 0.00000256. The first kappa shape index (κ1) is 21.8. The fraction of sp³-hybridized carbons (Fsp3) is 0.227. The Morgan fingerprint density at radius 1 is 1.13 bits per heavy atom. The lowest BCUT2D eigenvalue weighted by atomic mass is 10.2. The first-order valence-corrected chi connectivity index (χ1v) is 9.57. The van der Waals surface area contributed by atoms with Gasteiger partial charge in [0, 0.05) is 21.1 Å². The Hall–Kier alpha value is -2.88. The molecule has 0 aliphatic rings. The van der Waals surface area contributed by atoms with Crippen LogP contribution in [-0.4, -0.2) is 44.5 Å². The van der Waals surface area contributed by atoms with Crippen LogP contribution in [0, 0.1) is 0 Å². The molecule has 2 heterocycles. The van der Waals surface area contributed by atoms with Gasteiger partial charge in [0.05, 0.1) is 36.0 Å². The van der Waals surface area contributed by atoms with Crippen LogP contribution in [0.5, 0.6) is 0 Å². The third kappa shape index (κ3) is 4.64. The number of halogens is 1. The largest absolute Gasteiger partial charge is 0.349 e. The lowest BCUT2D eigenvalue weighted by Gasteiger charge is -2.21. The number of benzene rings is 2. The van der Waals surface area contributed by atoms with Crippen molar-refractivity contribution in [3.05, 3.63) is 72.4 Å². The van der Waals surface area contributed by atoms with Gasteiger partial charge in [-0.1, -0.05) is 42.5 Å². The van der Waals surface area contributed by atoms with Gasteiger partial charge in [0.2, 0.25) is 0 Å². The molecule has 0 bridgehead atoms. The number of H-pyrrole nitrogens is 1. The topological polar surface area (TPSA) is 74.1 Å². The smallest absolute Gasteiger partial charge is 0.194 e. The number of aromatic amines is 1. The maximum absolute atomic E-state index is 4.71. The number of aromatic nitrogens is 4. The van der Waals surface area contributed by atoms with Crippen molar-refractivity contribution in [3.8, 4) is 11.3 Å². The van der Waals surface area contributed by atoms with Crippen molar-refractivity contribution in [1.82, 2.24) is 29.7 Å². The molecule has 8 heteroatoms. The van der Waals surface area contributed by atoms with Crippen molar-refractivity contribution in [3.63, 3.8) is 0 Å². The molecule has 30 heavy (non-hydrogen) atoms. The summed E-state index contributed by atoms with van der Waals surface area (Å²) in [7, 11) is 5.81. The van der Waals surface area contributed by atoms with E-state index >= 15 is 0 Å². The van der Waals surface area contributed by atoms with E-state index in [0.717, 1.165) is 39.9 Å². The highest BCUT2D eigenvalue weighted by Crippen LogP contribution is 2.17. The number of nitrogens with one attached hydrogen (secondary N) is 2. The first-order chi connectivity index (χ1) is 14.2. The van der Waals surface area contributed by atoms with Crippen LogP contribution < -0.4 is 5.32 Å². The van der Waals surface area contributed by atoms with Crippen LogP contribution in [0.15, 0.2) is 65.8 Å². The number of aliphatic imine (C=N–C) groups is 1. The Labute approximate surface area is 193 Å². The van der Waals surface area contributed by atoms with Gasteiger partial charge in [-0.25, -0.2) is 9.97 Å². The summed E-state index contributed by atoms with van der Waals surface area (Å²) in [5, 5.41) is 3.40. The molecule has 2 N–H and O–H groups in total. The Morgan fingerprint density at radius 3 is 2.60 bits per heavy atom. The SMILES string of the molecule is CN=C(NCc1nc2ccccc2n1C)N(C)Cc1ncc(-c2ccccc2)[nH]1.I. The number of nitrogens with zero attached hydrogens (tertiary/aromatic N) is 5.